The van der Waals surface area contributed by atoms with Crippen molar-refractivity contribution in [2.45, 2.75) is 9.29 Å². The molecule has 0 spiro atoms. The Morgan fingerprint density at radius 1 is 1.42 bits per heavy atom. The van der Waals surface area contributed by atoms with Crippen LogP contribution < -0.4 is 4.57 Å². The number of hydrogen-bond acceptors (Lipinski definition) is 0. The van der Waals surface area contributed by atoms with Crippen molar-refractivity contribution in [2.75, 3.05) is 0 Å². The third-order valence-electron chi connectivity index (χ3n) is 1.32. The molecule has 12 heavy (non-hydrogen) atoms. The second kappa shape index (κ2) is 3.62. The smallest absolute Gasteiger partial charge is 0.239 e. The first-order valence-electron chi connectivity index (χ1n) is 3.15. The highest BCUT2D eigenvalue weighted by Gasteiger charge is 2.35. The van der Waals surface area contributed by atoms with Gasteiger partial charge in [-0.2, -0.15) is 0 Å². The van der Waals surface area contributed by atoms with Crippen molar-refractivity contribution in [3.8, 4) is 0 Å². The maximum Gasteiger partial charge on any atom is 0.245 e. The Hall–Kier alpha value is 0.370. The molecule has 0 N–H and O–H groups in total. The highest BCUT2D eigenvalue weighted by Crippen LogP contribution is 2.40. The molecule has 0 fully saturated rings. The summed E-state index contributed by atoms with van der Waals surface area (Å²) in [6.45, 7) is 0. The van der Waals surface area contributed by atoms with Gasteiger partial charge in [0, 0.05) is 0 Å². The average molecular weight is 249 g/mol. The quantitative estimate of drug-likeness (QED) is 0.533. The summed E-state index contributed by atoms with van der Waals surface area (Å²) in [6, 6.07) is 0. The van der Waals surface area contributed by atoms with Crippen LogP contribution in [-0.4, -0.2) is 8.36 Å². The summed E-state index contributed by atoms with van der Waals surface area (Å²) in [5.41, 5.74) is -0.691. The van der Waals surface area contributed by atoms with Crippen LogP contribution in [0.2, 0.25) is 0 Å². The van der Waals surface area contributed by atoms with E-state index in [1.165, 1.54) is 0 Å². The Balaban J connectivity index is 2.85. The number of aryl methyl sites for hydroxylation is 1. The second-order valence-electron chi connectivity index (χ2n) is 2.40. The Bertz CT molecular complexity index is 265. The van der Waals surface area contributed by atoms with Gasteiger partial charge in [-0.05, 0) is 0 Å². The van der Waals surface area contributed by atoms with Crippen LogP contribution in [0, 0.1) is 0 Å². The summed E-state index contributed by atoms with van der Waals surface area (Å²) in [5.74, 6) is 0. The molecule has 0 aromatic carbocycles. The highest BCUT2D eigenvalue weighted by atomic mass is 35.6. The summed E-state index contributed by atoms with van der Waals surface area (Å²) in [6.07, 6.45) is 5.28. The second-order valence-corrected chi connectivity index (χ2v) is 5.19. The number of nitrogens with zero attached hydrogens (tertiary/aromatic N) is 2. The highest BCUT2D eigenvalue weighted by molar-refractivity contribution is 6.69. The fraction of sp³-hybridized carbons (Fsp3) is 0.500. The predicted octanol–water partition coefficient (Wildman–Crippen LogP) is 2.42. The topological polar surface area (TPSA) is 8.81 Å². The molecule has 0 aliphatic rings. The minimum atomic E-state index is -1.49. The Morgan fingerprint density at radius 3 is 2.33 bits per heavy atom. The van der Waals surface area contributed by atoms with Gasteiger partial charge in [-0.1, -0.05) is 46.4 Å². The maximum atomic E-state index is 5.85. The monoisotopic (exact) mass is 247 g/mol. The lowest BCUT2D eigenvalue weighted by atomic mass is 10.7. The first-order chi connectivity index (χ1) is 5.41. The molecule has 1 aromatic heterocycles. The first-order valence-corrected chi connectivity index (χ1v) is 4.72. The minimum Gasteiger partial charge on any atom is -0.239 e. The SMILES string of the molecule is C[n+]1ccn(C(Cl)C(Cl)(Cl)Cl)c1. The Morgan fingerprint density at radius 2 is 2.00 bits per heavy atom. The van der Waals surface area contributed by atoms with E-state index in [0.717, 1.165) is 0 Å². The molecule has 68 valence electrons. The van der Waals surface area contributed by atoms with Gasteiger partial charge in [0.15, 0.2) is 0 Å². The van der Waals surface area contributed by atoms with E-state index in [-0.39, 0.29) is 0 Å². The first kappa shape index (κ1) is 10.5. The van der Waals surface area contributed by atoms with Crippen molar-refractivity contribution >= 4 is 46.4 Å². The molecule has 0 saturated carbocycles. The van der Waals surface area contributed by atoms with Crippen LogP contribution in [0.1, 0.15) is 5.50 Å². The van der Waals surface area contributed by atoms with Crippen LogP contribution in [0.5, 0.6) is 0 Å². The van der Waals surface area contributed by atoms with Crippen LogP contribution in [0.15, 0.2) is 18.7 Å². The van der Waals surface area contributed by atoms with Crippen LogP contribution >= 0.6 is 46.4 Å². The minimum absolute atomic E-state index is 0.691. The number of aromatic nitrogens is 2. The fourth-order valence-corrected chi connectivity index (χ4v) is 1.23. The van der Waals surface area contributed by atoms with E-state index in [0.29, 0.717) is 0 Å². The molecule has 1 atom stereocenters. The van der Waals surface area contributed by atoms with E-state index in [1.807, 2.05) is 17.8 Å². The largest absolute Gasteiger partial charge is 0.245 e. The molecule has 1 rings (SSSR count). The lowest BCUT2D eigenvalue weighted by molar-refractivity contribution is -0.671. The summed E-state index contributed by atoms with van der Waals surface area (Å²) >= 11 is 22.6. The molecular formula is C6H7Cl4N2+. The third-order valence-corrected chi connectivity index (χ3v) is 2.83. The van der Waals surface area contributed by atoms with Gasteiger partial charge in [-0.15, -0.1) is 0 Å². The number of halogens is 4. The van der Waals surface area contributed by atoms with Gasteiger partial charge in [-0.25, -0.2) is 9.13 Å². The number of rotatable bonds is 1. The van der Waals surface area contributed by atoms with Gasteiger partial charge >= 0.3 is 0 Å². The van der Waals surface area contributed by atoms with Crippen LogP contribution in [0.4, 0.5) is 0 Å². The van der Waals surface area contributed by atoms with Gasteiger partial charge < -0.3 is 0 Å². The van der Waals surface area contributed by atoms with E-state index < -0.39 is 9.29 Å². The molecule has 0 aliphatic heterocycles. The molecular weight excluding hydrogens is 242 g/mol. The van der Waals surface area contributed by atoms with Gasteiger partial charge in [0.05, 0.1) is 7.05 Å². The van der Waals surface area contributed by atoms with Crippen molar-refractivity contribution < 1.29 is 4.57 Å². The van der Waals surface area contributed by atoms with Crippen LogP contribution in [0.25, 0.3) is 0 Å². The van der Waals surface area contributed by atoms with Gasteiger partial charge in [-0.3, -0.25) is 0 Å². The fourth-order valence-electron chi connectivity index (χ4n) is 0.773. The molecule has 0 radical (unpaired) electrons. The number of alkyl halides is 4. The van der Waals surface area contributed by atoms with E-state index in [2.05, 4.69) is 0 Å². The average Bonchev–Trinajstić information content (AvgIpc) is 2.32. The molecule has 2 nitrogen and oxygen atoms in total. The molecule has 0 bridgehead atoms. The molecule has 0 amide bonds. The maximum absolute atomic E-state index is 5.85. The predicted molar refractivity (Wildman–Crippen MR) is 50.8 cm³/mol. The molecule has 1 unspecified atom stereocenters. The van der Waals surface area contributed by atoms with Crippen molar-refractivity contribution in [1.82, 2.24) is 4.57 Å². The third kappa shape index (κ3) is 2.43. The van der Waals surface area contributed by atoms with E-state index in [9.17, 15) is 0 Å². The summed E-state index contributed by atoms with van der Waals surface area (Å²) < 4.78 is 1.94. The van der Waals surface area contributed by atoms with E-state index in [4.69, 9.17) is 46.4 Å². The number of imidazole rings is 1. The van der Waals surface area contributed by atoms with Gasteiger partial charge in [0.1, 0.15) is 12.4 Å². The number of hydrogen-bond donors (Lipinski definition) is 0. The van der Waals surface area contributed by atoms with Crippen molar-refractivity contribution in [1.29, 1.82) is 0 Å². The Kier molecular flexibility index (Phi) is 3.16. The molecule has 0 saturated heterocycles. The molecule has 1 heterocycles. The van der Waals surface area contributed by atoms with Crippen molar-refractivity contribution in [3.63, 3.8) is 0 Å². The summed E-state index contributed by atoms with van der Waals surface area (Å²) in [5, 5.41) is 0. The van der Waals surface area contributed by atoms with E-state index >= 15 is 0 Å². The zero-order valence-corrected chi connectivity index (χ0v) is 9.24. The van der Waals surface area contributed by atoms with Crippen LogP contribution in [-0.2, 0) is 7.05 Å². The van der Waals surface area contributed by atoms with Crippen molar-refractivity contribution in [3.05, 3.63) is 18.7 Å². The standard InChI is InChI=1S/C6H7Cl4N2/c1-11-2-3-12(4-11)5(7)6(8,9)10/h2-5H,1H3/q+1. The van der Waals surface area contributed by atoms with Gasteiger partial charge in [0.25, 0.3) is 0 Å². The van der Waals surface area contributed by atoms with Gasteiger partial charge in [0.2, 0.25) is 15.6 Å². The lowest BCUT2D eigenvalue weighted by Crippen LogP contribution is -2.25. The summed E-state index contributed by atoms with van der Waals surface area (Å²) in [7, 11) is 1.86. The Labute approximate surface area is 90.6 Å². The zero-order chi connectivity index (χ0) is 9.35. The zero-order valence-electron chi connectivity index (χ0n) is 6.22. The molecule has 0 aliphatic carbocycles. The van der Waals surface area contributed by atoms with E-state index in [1.54, 1.807) is 17.1 Å². The molecule has 1 aromatic rings. The molecule has 6 heteroatoms. The van der Waals surface area contributed by atoms with Crippen LogP contribution in [0.3, 0.4) is 0 Å². The van der Waals surface area contributed by atoms with Crippen molar-refractivity contribution in [2.24, 2.45) is 7.05 Å². The lowest BCUT2D eigenvalue weighted by Gasteiger charge is -2.13. The normalized spacial score (nSPS) is 14.8. The summed E-state index contributed by atoms with van der Waals surface area (Å²) in [4.78, 5) is 0.